The van der Waals surface area contributed by atoms with E-state index in [9.17, 15) is 8.42 Å². The van der Waals surface area contributed by atoms with Crippen molar-refractivity contribution in [2.75, 3.05) is 6.26 Å². The lowest BCUT2D eigenvalue weighted by Crippen LogP contribution is -1.96. The molecule has 0 radical (unpaired) electrons. The number of nitrogens with zero attached hydrogens (tertiary/aromatic N) is 1. The number of sulfone groups is 1. The summed E-state index contributed by atoms with van der Waals surface area (Å²) in [4.78, 5) is 6.03. The van der Waals surface area contributed by atoms with Crippen LogP contribution in [0.5, 0.6) is 0 Å². The first kappa shape index (κ1) is 16.4. The lowest BCUT2D eigenvalue weighted by molar-refractivity contribution is 0.602. The van der Waals surface area contributed by atoms with Gasteiger partial charge in [0.05, 0.1) is 20.5 Å². The molecule has 0 atom stereocenters. The van der Waals surface area contributed by atoms with E-state index in [2.05, 4.69) is 20.9 Å². The number of thiazole rings is 1. The minimum absolute atomic E-state index is 0.318. The summed E-state index contributed by atoms with van der Waals surface area (Å²) in [6.45, 7) is 1.97. The molecule has 0 fully saturated rings. The summed E-state index contributed by atoms with van der Waals surface area (Å²) in [7, 11) is -3.19. The summed E-state index contributed by atoms with van der Waals surface area (Å²) in [5.41, 5.74) is 2.90. The van der Waals surface area contributed by atoms with E-state index in [0.717, 1.165) is 31.2 Å². The molecule has 0 amide bonds. The zero-order valence-electron chi connectivity index (χ0n) is 12.6. The van der Waals surface area contributed by atoms with Gasteiger partial charge in [0.2, 0.25) is 0 Å². The highest BCUT2D eigenvalue weighted by Gasteiger charge is 2.14. The molecule has 0 aliphatic rings. The molecule has 0 aliphatic heterocycles. The van der Waals surface area contributed by atoms with Crippen LogP contribution in [-0.4, -0.2) is 19.7 Å². The number of hydrogen-bond acceptors (Lipinski definition) is 4. The molecule has 0 N–H and O–H groups in total. The lowest BCUT2D eigenvalue weighted by atomic mass is 10.1. The van der Waals surface area contributed by atoms with E-state index in [0.29, 0.717) is 4.90 Å². The van der Waals surface area contributed by atoms with Gasteiger partial charge in [-0.05, 0) is 36.8 Å². The Bertz CT molecular complexity index is 943. The highest BCUT2D eigenvalue weighted by atomic mass is 79.9. The Morgan fingerprint density at radius 2 is 1.52 bits per heavy atom. The van der Waals surface area contributed by atoms with Gasteiger partial charge in [0.15, 0.2) is 9.84 Å². The van der Waals surface area contributed by atoms with Crippen LogP contribution in [0.15, 0.2) is 57.9 Å². The number of hydrogen-bond donors (Lipinski definition) is 0. The van der Waals surface area contributed by atoms with Gasteiger partial charge < -0.3 is 0 Å². The molecule has 0 aliphatic carbocycles. The molecule has 2 aromatic carbocycles. The van der Waals surface area contributed by atoms with Gasteiger partial charge in [-0.3, -0.25) is 0 Å². The Kier molecular flexibility index (Phi) is 4.40. The molecule has 3 rings (SSSR count). The van der Waals surface area contributed by atoms with Crippen LogP contribution in [0, 0.1) is 6.92 Å². The number of benzene rings is 2. The van der Waals surface area contributed by atoms with Crippen molar-refractivity contribution >= 4 is 37.1 Å². The van der Waals surface area contributed by atoms with E-state index in [1.165, 1.54) is 6.26 Å². The average Bonchev–Trinajstić information content (AvgIpc) is 2.89. The predicted molar refractivity (Wildman–Crippen MR) is 98.5 cm³/mol. The van der Waals surface area contributed by atoms with E-state index in [1.54, 1.807) is 23.5 Å². The second kappa shape index (κ2) is 6.19. The van der Waals surface area contributed by atoms with Crippen molar-refractivity contribution in [3.63, 3.8) is 0 Å². The molecule has 0 unspecified atom stereocenters. The van der Waals surface area contributed by atoms with E-state index >= 15 is 0 Å². The first-order chi connectivity index (χ1) is 10.8. The smallest absolute Gasteiger partial charge is 0.175 e. The van der Waals surface area contributed by atoms with Crippen LogP contribution in [0.3, 0.4) is 0 Å². The van der Waals surface area contributed by atoms with Gasteiger partial charge in [-0.1, -0.05) is 40.2 Å². The maximum atomic E-state index is 11.6. The fraction of sp³-hybridized carbons (Fsp3) is 0.118. The van der Waals surface area contributed by atoms with Crippen molar-refractivity contribution in [1.29, 1.82) is 0 Å². The molecule has 0 spiro atoms. The van der Waals surface area contributed by atoms with Crippen molar-refractivity contribution in [3.8, 4) is 21.7 Å². The van der Waals surface area contributed by atoms with Crippen LogP contribution < -0.4 is 0 Å². The first-order valence-electron chi connectivity index (χ1n) is 6.88. The Balaban J connectivity index is 2.09. The fourth-order valence-electron chi connectivity index (χ4n) is 2.28. The van der Waals surface area contributed by atoms with Crippen LogP contribution in [-0.2, 0) is 9.84 Å². The maximum absolute atomic E-state index is 11.6. The Labute approximate surface area is 148 Å². The van der Waals surface area contributed by atoms with Crippen molar-refractivity contribution in [2.24, 2.45) is 0 Å². The first-order valence-corrected chi connectivity index (χ1v) is 10.4. The van der Waals surface area contributed by atoms with Crippen molar-refractivity contribution < 1.29 is 8.42 Å². The molecule has 0 saturated carbocycles. The van der Waals surface area contributed by atoms with Crippen LogP contribution in [0.1, 0.15) is 5.01 Å². The molecule has 3 nitrogen and oxygen atoms in total. The number of halogens is 1. The Morgan fingerprint density at radius 1 is 0.957 bits per heavy atom. The molecule has 118 valence electrons. The van der Waals surface area contributed by atoms with Gasteiger partial charge in [0.25, 0.3) is 0 Å². The molecule has 0 bridgehead atoms. The molecule has 23 heavy (non-hydrogen) atoms. The van der Waals surface area contributed by atoms with Gasteiger partial charge in [-0.15, -0.1) is 11.3 Å². The standard InChI is InChI=1S/C17H14BrNO2S2/c1-11-19-16(12-5-9-15(10-6-12)23(2,20)21)17(22-11)13-3-7-14(18)8-4-13/h3-10H,1-2H3. The van der Waals surface area contributed by atoms with Gasteiger partial charge in [-0.25, -0.2) is 13.4 Å². The Morgan fingerprint density at radius 3 is 2.09 bits per heavy atom. The van der Waals surface area contributed by atoms with Gasteiger partial charge >= 0.3 is 0 Å². The molecular weight excluding hydrogens is 394 g/mol. The predicted octanol–water partition coefficient (Wildman–Crippen LogP) is 4.95. The number of aryl methyl sites for hydroxylation is 1. The average molecular weight is 408 g/mol. The molecule has 0 saturated heterocycles. The summed E-state index contributed by atoms with van der Waals surface area (Å²) in [6.07, 6.45) is 1.21. The van der Waals surface area contributed by atoms with Crippen LogP contribution in [0.4, 0.5) is 0 Å². The second-order valence-electron chi connectivity index (χ2n) is 5.21. The zero-order valence-corrected chi connectivity index (χ0v) is 15.8. The van der Waals surface area contributed by atoms with Crippen molar-refractivity contribution in [3.05, 3.63) is 58.0 Å². The third-order valence-corrected chi connectivity index (χ3v) is 6.07. The normalized spacial score (nSPS) is 11.6. The minimum Gasteiger partial charge on any atom is -0.241 e. The summed E-state index contributed by atoms with van der Waals surface area (Å²) < 4.78 is 24.2. The van der Waals surface area contributed by atoms with Crippen molar-refractivity contribution in [1.82, 2.24) is 4.98 Å². The summed E-state index contributed by atoms with van der Waals surface area (Å²) in [5, 5.41) is 0.977. The van der Waals surface area contributed by atoms with Crippen LogP contribution >= 0.6 is 27.3 Å². The van der Waals surface area contributed by atoms with Crippen molar-refractivity contribution in [2.45, 2.75) is 11.8 Å². The maximum Gasteiger partial charge on any atom is 0.175 e. The molecule has 1 heterocycles. The van der Waals surface area contributed by atoms with Crippen LogP contribution in [0.25, 0.3) is 21.7 Å². The van der Waals surface area contributed by atoms with E-state index in [4.69, 9.17) is 0 Å². The molecular formula is C17H14BrNO2S2. The van der Waals surface area contributed by atoms with Gasteiger partial charge in [0.1, 0.15) is 0 Å². The van der Waals surface area contributed by atoms with Crippen LogP contribution in [0.2, 0.25) is 0 Å². The van der Waals surface area contributed by atoms with E-state index in [-0.39, 0.29) is 0 Å². The molecule has 3 aromatic rings. The third-order valence-electron chi connectivity index (χ3n) is 3.40. The topological polar surface area (TPSA) is 47.0 Å². The largest absolute Gasteiger partial charge is 0.241 e. The lowest BCUT2D eigenvalue weighted by Gasteiger charge is -2.04. The highest BCUT2D eigenvalue weighted by molar-refractivity contribution is 9.10. The summed E-state index contributed by atoms with van der Waals surface area (Å²) >= 11 is 5.08. The van der Waals surface area contributed by atoms with E-state index in [1.807, 2.05) is 43.3 Å². The molecule has 1 aromatic heterocycles. The van der Waals surface area contributed by atoms with E-state index < -0.39 is 9.84 Å². The quantitative estimate of drug-likeness (QED) is 0.616. The minimum atomic E-state index is -3.19. The Hall–Kier alpha value is -1.50. The van der Waals surface area contributed by atoms with Gasteiger partial charge in [0, 0.05) is 16.3 Å². The second-order valence-corrected chi connectivity index (χ2v) is 9.35. The SMILES string of the molecule is Cc1nc(-c2ccc(S(C)(=O)=O)cc2)c(-c2ccc(Br)cc2)s1. The van der Waals surface area contributed by atoms with Gasteiger partial charge in [-0.2, -0.15) is 0 Å². The fourth-order valence-corrected chi connectivity index (χ4v) is 4.12. The monoisotopic (exact) mass is 407 g/mol. The highest BCUT2D eigenvalue weighted by Crippen LogP contribution is 2.37. The third kappa shape index (κ3) is 3.54. The summed E-state index contributed by atoms with van der Waals surface area (Å²) in [6, 6.07) is 15.0. The summed E-state index contributed by atoms with van der Waals surface area (Å²) in [5.74, 6) is 0. The number of aromatic nitrogens is 1. The zero-order chi connectivity index (χ0) is 16.6. The molecule has 6 heteroatoms. The number of rotatable bonds is 3.